The summed E-state index contributed by atoms with van der Waals surface area (Å²) in [5, 5.41) is 26.7. The van der Waals surface area contributed by atoms with Crippen molar-refractivity contribution >= 4 is 23.7 Å². The summed E-state index contributed by atoms with van der Waals surface area (Å²) < 4.78 is 0. The van der Waals surface area contributed by atoms with Gasteiger partial charge in [0, 0.05) is 37.1 Å². The molecule has 2 aromatic rings. The number of amides is 2. The molecule has 9 nitrogen and oxygen atoms in total. The van der Waals surface area contributed by atoms with Gasteiger partial charge in [-0.15, -0.1) is 0 Å². The minimum absolute atomic E-state index is 0.00372. The maximum absolute atomic E-state index is 11.7. The van der Waals surface area contributed by atoms with Crippen molar-refractivity contribution in [1.82, 2.24) is 10.7 Å². The molecule has 3 N–H and O–H groups in total. The van der Waals surface area contributed by atoms with Gasteiger partial charge in [0.05, 0.1) is 11.1 Å². The van der Waals surface area contributed by atoms with E-state index in [0.29, 0.717) is 6.54 Å². The van der Waals surface area contributed by atoms with Crippen LogP contribution in [0.4, 0.5) is 5.69 Å². The second-order valence-corrected chi connectivity index (χ2v) is 5.56. The lowest BCUT2D eigenvalue weighted by atomic mass is 10.2. The molecule has 0 aliphatic carbocycles. The molecule has 0 unspecified atom stereocenters. The van der Waals surface area contributed by atoms with E-state index < -0.39 is 10.8 Å². The Morgan fingerprint density at radius 3 is 2.52 bits per heavy atom. The fourth-order valence-corrected chi connectivity index (χ4v) is 2.10. The molecule has 2 aromatic carbocycles. The van der Waals surface area contributed by atoms with Crippen molar-refractivity contribution in [1.29, 1.82) is 0 Å². The summed E-state index contributed by atoms with van der Waals surface area (Å²) in [5.74, 6) is -0.973. The SMILES string of the molecule is O=C(CCC(=O)NN=Cc1cc([N+](=O)[O-])ccc1O)NCc1ccccc1. The van der Waals surface area contributed by atoms with E-state index in [2.05, 4.69) is 15.8 Å². The number of nitrogens with one attached hydrogen (secondary N) is 2. The number of phenols is 1. The third-order valence-electron chi connectivity index (χ3n) is 3.53. The van der Waals surface area contributed by atoms with E-state index >= 15 is 0 Å². The summed E-state index contributed by atoms with van der Waals surface area (Å²) in [4.78, 5) is 33.5. The number of aromatic hydroxyl groups is 1. The Bertz CT molecular complexity index is 852. The van der Waals surface area contributed by atoms with Crippen LogP contribution in [0.3, 0.4) is 0 Å². The van der Waals surface area contributed by atoms with Crippen LogP contribution in [-0.4, -0.2) is 28.1 Å². The molecule has 0 aromatic heterocycles. The molecule has 0 aliphatic heterocycles. The first-order valence-corrected chi connectivity index (χ1v) is 8.05. The average molecular weight is 370 g/mol. The molecule has 140 valence electrons. The van der Waals surface area contributed by atoms with Gasteiger partial charge in [-0.25, -0.2) is 5.43 Å². The molecule has 0 saturated carbocycles. The van der Waals surface area contributed by atoms with E-state index in [9.17, 15) is 24.8 Å². The second kappa shape index (κ2) is 9.66. The number of non-ortho nitro benzene ring substituents is 1. The Morgan fingerprint density at radius 2 is 1.81 bits per heavy atom. The number of phenolic OH excluding ortho intramolecular Hbond substituents is 1. The highest BCUT2D eigenvalue weighted by Gasteiger charge is 2.09. The Kier molecular flexibility index (Phi) is 7.00. The Labute approximate surface area is 154 Å². The largest absolute Gasteiger partial charge is 0.507 e. The number of nitro benzene ring substituents is 1. The quantitative estimate of drug-likeness (QED) is 0.370. The van der Waals surface area contributed by atoms with Gasteiger partial charge in [0.1, 0.15) is 5.75 Å². The number of carbonyl (C=O) groups is 2. The van der Waals surface area contributed by atoms with Crippen LogP contribution in [0.2, 0.25) is 0 Å². The van der Waals surface area contributed by atoms with Crippen molar-refractivity contribution < 1.29 is 19.6 Å². The van der Waals surface area contributed by atoms with E-state index in [1.54, 1.807) is 0 Å². The molecule has 0 heterocycles. The topological polar surface area (TPSA) is 134 Å². The zero-order chi connectivity index (χ0) is 19.6. The van der Waals surface area contributed by atoms with E-state index in [4.69, 9.17) is 0 Å². The second-order valence-electron chi connectivity index (χ2n) is 5.56. The van der Waals surface area contributed by atoms with Gasteiger partial charge in [-0.2, -0.15) is 5.10 Å². The third-order valence-corrected chi connectivity index (χ3v) is 3.53. The first kappa shape index (κ1) is 19.6. The number of benzene rings is 2. The predicted molar refractivity (Wildman–Crippen MR) is 98.0 cm³/mol. The van der Waals surface area contributed by atoms with Crippen LogP contribution < -0.4 is 10.7 Å². The standard InChI is InChI=1S/C18H18N4O5/c23-16-7-6-15(22(26)27)10-14(16)12-20-21-18(25)9-8-17(24)19-11-13-4-2-1-3-5-13/h1-7,10,12,23H,8-9,11H2,(H,19,24)(H,21,25). The first-order valence-electron chi connectivity index (χ1n) is 8.05. The van der Waals surface area contributed by atoms with Crippen LogP contribution in [-0.2, 0) is 16.1 Å². The van der Waals surface area contributed by atoms with E-state index in [0.717, 1.165) is 23.9 Å². The smallest absolute Gasteiger partial charge is 0.270 e. The van der Waals surface area contributed by atoms with Gasteiger partial charge in [0.2, 0.25) is 11.8 Å². The van der Waals surface area contributed by atoms with Crippen LogP contribution in [0.25, 0.3) is 0 Å². The van der Waals surface area contributed by atoms with Crippen molar-refractivity contribution in [2.24, 2.45) is 5.10 Å². The summed E-state index contributed by atoms with van der Waals surface area (Å²) in [6, 6.07) is 12.8. The number of rotatable bonds is 8. The van der Waals surface area contributed by atoms with Gasteiger partial charge < -0.3 is 10.4 Å². The molecule has 0 fully saturated rings. The highest BCUT2D eigenvalue weighted by molar-refractivity contribution is 5.87. The monoisotopic (exact) mass is 370 g/mol. The summed E-state index contributed by atoms with van der Waals surface area (Å²) in [6.45, 7) is 0.380. The normalized spacial score (nSPS) is 10.5. The van der Waals surface area contributed by atoms with Gasteiger partial charge >= 0.3 is 0 Å². The van der Waals surface area contributed by atoms with Gasteiger partial charge in [-0.3, -0.25) is 19.7 Å². The maximum Gasteiger partial charge on any atom is 0.270 e. The lowest BCUT2D eigenvalue weighted by molar-refractivity contribution is -0.384. The Morgan fingerprint density at radius 1 is 1.11 bits per heavy atom. The zero-order valence-corrected chi connectivity index (χ0v) is 14.3. The summed E-state index contributed by atoms with van der Waals surface area (Å²) >= 11 is 0. The molecule has 9 heteroatoms. The third kappa shape index (κ3) is 6.58. The molecule has 0 atom stereocenters. The number of carbonyl (C=O) groups excluding carboxylic acids is 2. The average Bonchev–Trinajstić information content (AvgIpc) is 2.66. The number of hydrogen-bond acceptors (Lipinski definition) is 6. The summed E-state index contributed by atoms with van der Waals surface area (Å²) in [5.41, 5.74) is 3.04. The molecular formula is C18H18N4O5. The Balaban J connectivity index is 1.76. The number of nitro groups is 1. The van der Waals surface area contributed by atoms with Crippen molar-refractivity contribution in [3.8, 4) is 5.75 Å². The first-order chi connectivity index (χ1) is 13.0. The van der Waals surface area contributed by atoms with E-state index in [-0.39, 0.29) is 35.7 Å². The maximum atomic E-state index is 11.7. The number of hydrogen-bond donors (Lipinski definition) is 3. The molecular weight excluding hydrogens is 352 g/mol. The minimum atomic E-state index is -0.608. The van der Waals surface area contributed by atoms with Crippen LogP contribution in [0, 0.1) is 10.1 Å². The van der Waals surface area contributed by atoms with Crippen molar-refractivity contribution in [3.63, 3.8) is 0 Å². The number of nitrogens with zero attached hydrogens (tertiary/aromatic N) is 2. The molecule has 27 heavy (non-hydrogen) atoms. The summed E-state index contributed by atoms with van der Waals surface area (Å²) in [7, 11) is 0. The van der Waals surface area contributed by atoms with Gasteiger partial charge in [-0.05, 0) is 11.6 Å². The van der Waals surface area contributed by atoms with E-state index in [1.807, 2.05) is 30.3 Å². The molecule has 2 rings (SSSR count). The molecule has 0 saturated heterocycles. The van der Waals surface area contributed by atoms with Crippen LogP contribution in [0.15, 0.2) is 53.6 Å². The molecule has 0 aliphatic rings. The molecule has 0 radical (unpaired) electrons. The van der Waals surface area contributed by atoms with Crippen molar-refractivity contribution in [3.05, 3.63) is 69.8 Å². The molecule has 2 amide bonds. The minimum Gasteiger partial charge on any atom is -0.507 e. The lowest BCUT2D eigenvalue weighted by Gasteiger charge is -2.05. The van der Waals surface area contributed by atoms with E-state index in [1.165, 1.54) is 6.07 Å². The van der Waals surface area contributed by atoms with Crippen LogP contribution >= 0.6 is 0 Å². The zero-order valence-electron chi connectivity index (χ0n) is 14.3. The van der Waals surface area contributed by atoms with Crippen LogP contribution in [0.1, 0.15) is 24.0 Å². The van der Waals surface area contributed by atoms with Gasteiger partial charge in [-0.1, -0.05) is 30.3 Å². The van der Waals surface area contributed by atoms with Crippen molar-refractivity contribution in [2.45, 2.75) is 19.4 Å². The summed E-state index contributed by atoms with van der Waals surface area (Å²) in [6.07, 6.45) is 1.02. The fourth-order valence-electron chi connectivity index (χ4n) is 2.10. The fraction of sp³-hybridized carbons (Fsp3) is 0.167. The highest BCUT2D eigenvalue weighted by atomic mass is 16.6. The van der Waals surface area contributed by atoms with Crippen LogP contribution in [0.5, 0.6) is 5.75 Å². The van der Waals surface area contributed by atoms with Gasteiger partial charge in [0.15, 0.2) is 0 Å². The number of hydrazone groups is 1. The molecule has 0 bridgehead atoms. The molecule has 0 spiro atoms. The Hall–Kier alpha value is -3.75. The highest BCUT2D eigenvalue weighted by Crippen LogP contribution is 2.21. The van der Waals surface area contributed by atoms with Gasteiger partial charge in [0.25, 0.3) is 5.69 Å². The predicted octanol–water partition coefficient (Wildman–Crippen LogP) is 1.85. The van der Waals surface area contributed by atoms with Crippen molar-refractivity contribution in [2.75, 3.05) is 0 Å². The lowest BCUT2D eigenvalue weighted by Crippen LogP contribution is -2.25.